The van der Waals surface area contributed by atoms with Gasteiger partial charge in [0.1, 0.15) is 11.9 Å². The van der Waals surface area contributed by atoms with Crippen LogP contribution < -0.4 is 10.5 Å². The minimum absolute atomic E-state index is 0.319. The van der Waals surface area contributed by atoms with Gasteiger partial charge in [-0.2, -0.15) is 0 Å². The van der Waals surface area contributed by atoms with E-state index in [9.17, 15) is 0 Å². The molecule has 0 heterocycles. The summed E-state index contributed by atoms with van der Waals surface area (Å²) in [5, 5.41) is 0. The third kappa shape index (κ3) is 1.47. The van der Waals surface area contributed by atoms with Gasteiger partial charge in [-0.3, -0.25) is 0 Å². The Bertz CT molecular complexity index is 451. The number of hydrogen-bond donors (Lipinski definition) is 1. The average Bonchev–Trinajstić information content (AvgIpc) is 2.65. The Morgan fingerprint density at radius 2 is 1.83 bits per heavy atom. The third-order valence-electron chi connectivity index (χ3n) is 5.87. The van der Waals surface area contributed by atoms with Gasteiger partial charge < -0.3 is 10.5 Å². The Morgan fingerprint density at radius 3 is 2.33 bits per heavy atom. The van der Waals surface area contributed by atoms with Crippen LogP contribution in [0, 0.1) is 16.7 Å². The van der Waals surface area contributed by atoms with Crippen molar-refractivity contribution in [2.45, 2.75) is 46.1 Å². The Labute approximate surface area is 110 Å². The summed E-state index contributed by atoms with van der Waals surface area (Å²) in [6.45, 7) is 7.23. The summed E-state index contributed by atoms with van der Waals surface area (Å²) in [7, 11) is 0. The van der Waals surface area contributed by atoms with E-state index in [4.69, 9.17) is 10.5 Å². The summed E-state index contributed by atoms with van der Waals surface area (Å²) >= 11 is 0. The Hall–Kier alpha value is -1.18. The molecule has 98 valence electrons. The van der Waals surface area contributed by atoms with E-state index in [0.717, 1.165) is 17.4 Å². The van der Waals surface area contributed by atoms with Gasteiger partial charge in [-0.15, -0.1) is 0 Å². The topological polar surface area (TPSA) is 35.2 Å². The Balaban J connectivity index is 1.81. The molecule has 0 aliphatic heterocycles. The molecule has 2 aliphatic rings. The quantitative estimate of drug-likeness (QED) is 0.803. The minimum Gasteiger partial charge on any atom is -0.490 e. The van der Waals surface area contributed by atoms with Crippen LogP contribution in [0.5, 0.6) is 5.75 Å². The van der Waals surface area contributed by atoms with Gasteiger partial charge in [0.2, 0.25) is 0 Å². The highest BCUT2D eigenvalue weighted by Gasteiger charge is 2.62. The lowest BCUT2D eigenvalue weighted by Gasteiger charge is -2.38. The fraction of sp³-hybridized carbons (Fsp3) is 0.625. The molecule has 2 N–H and O–H groups in total. The van der Waals surface area contributed by atoms with Crippen molar-refractivity contribution in [1.29, 1.82) is 0 Å². The summed E-state index contributed by atoms with van der Waals surface area (Å²) in [6, 6.07) is 7.79. The van der Waals surface area contributed by atoms with Gasteiger partial charge in [0.15, 0.2) is 0 Å². The maximum absolute atomic E-state index is 6.25. The van der Waals surface area contributed by atoms with Crippen LogP contribution in [0.3, 0.4) is 0 Å². The first-order valence-electron chi connectivity index (χ1n) is 6.96. The van der Waals surface area contributed by atoms with E-state index in [1.54, 1.807) is 0 Å². The smallest absolute Gasteiger partial charge is 0.119 e. The fourth-order valence-corrected chi connectivity index (χ4v) is 4.02. The first kappa shape index (κ1) is 11.9. The van der Waals surface area contributed by atoms with E-state index < -0.39 is 0 Å². The molecule has 0 radical (unpaired) electrons. The van der Waals surface area contributed by atoms with Crippen molar-refractivity contribution in [3.8, 4) is 5.75 Å². The highest BCUT2D eigenvalue weighted by molar-refractivity contribution is 5.41. The van der Waals surface area contributed by atoms with Crippen molar-refractivity contribution in [2.24, 2.45) is 16.7 Å². The molecule has 2 bridgehead atoms. The number of rotatable bonds is 2. The lowest BCUT2D eigenvalue weighted by atomic mass is 9.70. The molecule has 2 nitrogen and oxygen atoms in total. The molecule has 2 fully saturated rings. The predicted molar refractivity (Wildman–Crippen MR) is 74.5 cm³/mol. The van der Waals surface area contributed by atoms with Crippen LogP contribution in [0.15, 0.2) is 24.3 Å². The molecular weight excluding hydrogens is 222 g/mol. The van der Waals surface area contributed by atoms with Crippen LogP contribution in [0.4, 0.5) is 5.69 Å². The van der Waals surface area contributed by atoms with E-state index in [1.807, 2.05) is 24.3 Å². The second-order valence-corrected chi connectivity index (χ2v) is 6.79. The third-order valence-corrected chi connectivity index (χ3v) is 5.87. The van der Waals surface area contributed by atoms with E-state index >= 15 is 0 Å². The second-order valence-electron chi connectivity index (χ2n) is 6.79. The van der Waals surface area contributed by atoms with Crippen molar-refractivity contribution >= 4 is 5.69 Å². The second kappa shape index (κ2) is 3.66. The number of hydrogen-bond acceptors (Lipinski definition) is 2. The first-order chi connectivity index (χ1) is 8.43. The summed E-state index contributed by atoms with van der Waals surface area (Å²) < 4.78 is 6.25. The zero-order chi connectivity index (χ0) is 13.0. The molecule has 0 saturated heterocycles. The van der Waals surface area contributed by atoms with E-state index in [2.05, 4.69) is 20.8 Å². The highest BCUT2D eigenvalue weighted by atomic mass is 16.5. The number of ether oxygens (including phenoxy) is 1. The minimum atomic E-state index is 0.319. The van der Waals surface area contributed by atoms with E-state index in [1.165, 1.54) is 19.3 Å². The van der Waals surface area contributed by atoms with Gasteiger partial charge in [0.25, 0.3) is 0 Å². The lowest BCUT2D eigenvalue weighted by Crippen LogP contribution is -2.38. The summed E-state index contributed by atoms with van der Waals surface area (Å²) in [5.41, 5.74) is 7.23. The maximum atomic E-state index is 6.25. The largest absolute Gasteiger partial charge is 0.490 e. The monoisotopic (exact) mass is 245 g/mol. The van der Waals surface area contributed by atoms with Gasteiger partial charge in [-0.25, -0.2) is 0 Å². The molecule has 0 amide bonds. The molecule has 0 aromatic heterocycles. The zero-order valence-corrected chi connectivity index (χ0v) is 11.6. The van der Waals surface area contributed by atoms with Gasteiger partial charge >= 0.3 is 0 Å². The van der Waals surface area contributed by atoms with Crippen molar-refractivity contribution in [2.75, 3.05) is 5.73 Å². The molecule has 1 aromatic rings. The molecule has 2 saturated carbocycles. The Morgan fingerprint density at radius 1 is 1.17 bits per heavy atom. The zero-order valence-electron chi connectivity index (χ0n) is 11.6. The predicted octanol–water partition coefficient (Wildman–Crippen LogP) is 3.86. The van der Waals surface area contributed by atoms with Crippen LogP contribution in [0.1, 0.15) is 40.0 Å². The van der Waals surface area contributed by atoms with Crippen LogP contribution in [0.25, 0.3) is 0 Å². The van der Waals surface area contributed by atoms with Gasteiger partial charge in [-0.05, 0) is 54.9 Å². The highest BCUT2D eigenvalue weighted by Crippen LogP contribution is 2.66. The molecule has 1 aromatic carbocycles. The number of fused-ring (bicyclic) bond motifs is 2. The van der Waals surface area contributed by atoms with Gasteiger partial charge in [0.05, 0.1) is 0 Å². The number of anilines is 1. The number of nitrogen functional groups attached to an aromatic ring is 1. The standard InChI is InChI=1S/C16H23NO/c1-15(2)11-8-9-16(15,3)14(10-11)18-13-6-4-12(17)5-7-13/h4-7,11,14H,8-10,17H2,1-3H3. The number of nitrogens with two attached hydrogens (primary N) is 1. The van der Waals surface area contributed by atoms with Gasteiger partial charge in [-0.1, -0.05) is 20.8 Å². The van der Waals surface area contributed by atoms with Crippen molar-refractivity contribution in [3.63, 3.8) is 0 Å². The van der Waals surface area contributed by atoms with Crippen LogP contribution >= 0.6 is 0 Å². The molecule has 18 heavy (non-hydrogen) atoms. The summed E-state index contributed by atoms with van der Waals surface area (Å²) in [4.78, 5) is 0. The molecule has 3 rings (SSSR count). The average molecular weight is 245 g/mol. The van der Waals surface area contributed by atoms with Crippen molar-refractivity contribution in [1.82, 2.24) is 0 Å². The van der Waals surface area contributed by atoms with Crippen molar-refractivity contribution < 1.29 is 4.74 Å². The van der Waals surface area contributed by atoms with E-state index in [0.29, 0.717) is 16.9 Å². The van der Waals surface area contributed by atoms with Crippen LogP contribution in [0.2, 0.25) is 0 Å². The maximum Gasteiger partial charge on any atom is 0.119 e. The SMILES string of the molecule is CC1(C)C2CCC1(C)C(Oc1ccc(N)cc1)C2. The van der Waals surface area contributed by atoms with Gasteiger partial charge in [0, 0.05) is 11.1 Å². The molecule has 2 aliphatic carbocycles. The van der Waals surface area contributed by atoms with Crippen LogP contribution in [-0.2, 0) is 0 Å². The van der Waals surface area contributed by atoms with Crippen LogP contribution in [-0.4, -0.2) is 6.10 Å². The van der Waals surface area contributed by atoms with Crippen molar-refractivity contribution in [3.05, 3.63) is 24.3 Å². The molecular formula is C16H23NO. The molecule has 2 heteroatoms. The fourth-order valence-electron chi connectivity index (χ4n) is 4.02. The summed E-state index contributed by atoms with van der Waals surface area (Å²) in [5.74, 6) is 1.78. The molecule has 0 spiro atoms. The number of benzene rings is 1. The van der Waals surface area contributed by atoms with E-state index in [-0.39, 0.29) is 0 Å². The molecule has 3 atom stereocenters. The first-order valence-corrected chi connectivity index (χ1v) is 6.96. The lowest BCUT2D eigenvalue weighted by molar-refractivity contribution is 0.0302. The Kier molecular flexibility index (Phi) is 2.42. The normalized spacial score (nSPS) is 36.8. The summed E-state index contributed by atoms with van der Waals surface area (Å²) in [6.07, 6.45) is 4.22. The molecule has 3 unspecified atom stereocenters.